The number of hydrogen-bond acceptors (Lipinski definition) is 3. The van der Waals surface area contributed by atoms with Gasteiger partial charge in [-0.1, -0.05) is 0 Å². The minimum absolute atomic E-state index is 0.168. The van der Waals surface area contributed by atoms with E-state index in [9.17, 15) is 4.79 Å². The van der Waals surface area contributed by atoms with Crippen LogP contribution in [0.25, 0.3) is 0 Å². The van der Waals surface area contributed by atoms with Gasteiger partial charge in [0.05, 0.1) is 12.8 Å². The van der Waals surface area contributed by atoms with Crippen LogP contribution in [0.4, 0.5) is 0 Å². The highest BCUT2D eigenvalue weighted by molar-refractivity contribution is 5.15. The predicted octanol–water partition coefficient (Wildman–Crippen LogP) is 1.05. The Morgan fingerprint density at radius 1 is 1.69 bits per heavy atom. The first-order valence-corrected chi connectivity index (χ1v) is 4.53. The molecular weight excluding hydrogens is 168 g/mol. The van der Waals surface area contributed by atoms with Gasteiger partial charge in [-0.2, -0.15) is 0 Å². The first-order chi connectivity index (χ1) is 6.31. The smallest absolute Gasteiger partial charge is 0.293 e. The number of H-pyrrole nitrogens is 1. The Hall–Kier alpha value is -1.32. The Morgan fingerprint density at radius 2 is 2.46 bits per heavy atom. The van der Waals surface area contributed by atoms with E-state index >= 15 is 0 Å². The normalized spacial score (nSPS) is 15.8. The highest BCUT2D eigenvalue weighted by atomic mass is 16.5. The maximum absolute atomic E-state index is 11.3. The van der Waals surface area contributed by atoms with Gasteiger partial charge in [0.15, 0.2) is 0 Å². The Balaban J connectivity index is 2.26. The average molecular weight is 180 g/mol. The number of nitrogens with zero attached hydrogens (tertiary/aromatic N) is 1. The van der Waals surface area contributed by atoms with Crippen molar-refractivity contribution in [1.82, 2.24) is 9.97 Å². The standard InChI is InChI=1S/C9H12N2O2/c1-2-13-7-5-10-8(6-3-4-6)11-9(7)12/h5-6H,2-4H2,1H3,(H,10,11,12). The van der Waals surface area contributed by atoms with Crippen LogP contribution in [0.1, 0.15) is 31.5 Å². The molecule has 0 unspecified atom stereocenters. The monoisotopic (exact) mass is 180 g/mol. The molecule has 1 fully saturated rings. The molecule has 0 atom stereocenters. The van der Waals surface area contributed by atoms with Crippen molar-refractivity contribution in [1.29, 1.82) is 0 Å². The molecule has 0 saturated heterocycles. The third-order valence-electron chi connectivity index (χ3n) is 2.05. The van der Waals surface area contributed by atoms with Crippen LogP contribution in [0.2, 0.25) is 0 Å². The van der Waals surface area contributed by atoms with E-state index in [4.69, 9.17) is 4.74 Å². The number of hydrogen-bond donors (Lipinski definition) is 1. The Labute approximate surface area is 76.0 Å². The highest BCUT2D eigenvalue weighted by Gasteiger charge is 2.26. The van der Waals surface area contributed by atoms with Crippen LogP contribution in [0.5, 0.6) is 5.75 Å². The number of rotatable bonds is 3. The van der Waals surface area contributed by atoms with Crippen molar-refractivity contribution in [3.63, 3.8) is 0 Å². The molecule has 1 aromatic heterocycles. The van der Waals surface area contributed by atoms with E-state index < -0.39 is 0 Å². The molecule has 0 bridgehead atoms. The zero-order chi connectivity index (χ0) is 9.26. The summed E-state index contributed by atoms with van der Waals surface area (Å²) in [4.78, 5) is 18.2. The molecule has 0 spiro atoms. The van der Waals surface area contributed by atoms with Crippen LogP contribution in [0.3, 0.4) is 0 Å². The van der Waals surface area contributed by atoms with Gasteiger partial charge >= 0.3 is 0 Å². The summed E-state index contributed by atoms with van der Waals surface area (Å²) in [6.07, 6.45) is 3.78. The van der Waals surface area contributed by atoms with Gasteiger partial charge < -0.3 is 9.72 Å². The average Bonchev–Trinajstić information content (AvgIpc) is 2.91. The van der Waals surface area contributed by atoms with Gasteiger partial charge in [-0.25, -0.2) is 4.98 Å². The van der Waals surface area contributed by atoms with Gasteiger partial charge in [-0.05, 0) is 19.8 Å². The molecule has 0 aliphatic heterocycles. The summed E-state index contributed by atoms with van der Waals surface area (Å²) in [5.74, 6) is 1.59. The molecule has 0 amide bonds. The molecule has 2 rings (SSSR count). The summed E-state index contributed by atoms with van der Waals surface area (Å²) in [7, 11) is 0. The van der Waals surface area contributed by atoms with E-state index in [0.717, 1.165) is 18.7 Å². The summed E-state index contributed by atoms with van der Waals surface area (Å²) < 4.78 is 5.09. The van der Waals surface area contributed by atoms with Crippen LogP contribution >= 0.6 is 0 Å². The van der Waals surface area contributed by atoms with Gasteiger partial charge in [0, 0.05) is 5.92 Å². The summed E-state index contributed by atoms with van der Waals surface area (Å²) in [5.41, 5.74) is -0.168. The minimum atomic E-state index is -0.168. The van der Waals surface area contributed by atoms with E-state index in [2.05, 4.69) is 9.97 Å². The second-order valence-corrected chi connectivity index (χ2v) is 3.17. The van der Waals surface area contributed by atoms with Crippen LogP contribution in [-0.2, 0) is 0 Å². The predicted molar refractivity (Wildman–Crippen MR) is 48.0 cm³/mol. The molecule has 4 heteroatoms. The van der Waals surface area contributed by atoms with Crippen molar-refractivity contribution in [2.75, 3.05) is 6.61 Å². The second-order valence-electron chi connectivity index (χ2n) is 3.17. The second kappa shape index (κ2) is 3.20. The third kappa shape index (κ3) is 1.71. The lowest BCUT2D eigenvalue weighted by molar-refractivity contribution is 0.333. The van der Waals surface area contributed by atoms with Crippen molar-refractivity contribution in [2.45, 2.75) is 25.7 Å². The number of nitrogens with one attached hydrogen (secondary N) is 1. The van der Waals surface area contributed by atoms with Gasteiger partial charge in [0.25, 0.3) is 5.56 Å². The number of aromatic nitrogens is 2. The molecule has 70 valence electrons. The van der Waals surface area contributed by atoms with E-state index in [1.54, 1.807) is 0 Å². The van der Waals surface area contributed by atoms with Crippen molar-refractivity contribution in [2.24, 2.45) is 0 Å². The highest BCUT2D eigenvalue weighted by Crippen LogP contribution is 2.37. The molecule has 1 aliphatic carbocycles. The fourth-order valence-corrected chi connectivity index (χ4v) is 1.22. The molecular formula is C9H12N2O2. The van der Waals surface area contributed by atoms with Crippen molar-refractivity contribution in [3.8, 4) is 5.75 Å². The Bertz CT molecular complexity index is 355. The fraction of sp³-hybridized carbons (Fsp3) is 0.556. The molecule has 1 heterocycles. The zero-order valence-corrected chi connectivity index (χ0v) is 7.54. The molecule has 1 N–H and O–H groups in total. The van der Waals surface area contributed by atoms with Crippen LogP contribution in [0.15, 0.2) is 11.0 Å². The molecule has 0 radical (unpaired) electrons. The van der Waals surface area contributed by atoms with Crippen molar-refractivity contribution >= 4 is 0 Å². The first-order valence-electron chi connectivity index (χ1n) is 4.53. The van der Waals surface area contributed by atoms with Crippen LogP contribution in [0, 0.1) is 0 Å². The Morgan fingerprint density at radius 3 is 3.00 bits per heavy atom. The summed E-state index contributed by atoms with van der Waals surface area (Å²) in [6.45, 7) is 2.34. The van der Waals surface area contributed by atoms with Gasteiger partial charge in [0.1, 0.15) is 5.82 Å². The van der Waals surface area contributed by atoms with E-state index in [-0.39, 0.29) is 5.56 Å². The molecule has 1 aliphatic rings. The maximum Gasteiger partial charge on any atom is 0.293 e. The molecule has 13 heavy (non-hydrogen) atoms. The number of ether oxygens (including phenoxy) is 1. The van der Waals surface area contributed by atoms with Crippen LogP contribution < -0.4 is 10.3 Å². The lowest BCUT2D eigenvalue weighted by Gasteiger charge is -2.01. The SMILES string of the molecule is CCOc1cnc(C2CC2)[nH]c1=O. The van der Waals surface area contributed by atoms with E-state index in [1.165, 1.54) is 6.20 Å². The zero-order valence-electron chi connectivity index (χ0n) is 7.54. The van der Waals surface area contributed by atoms with E-state index in [1.807, 2.05) is 6.92 Å². The summed E-state index contributed by atoms with van der Waals surface area (Å²) >= 11 is 0. The lowest BCUT2D eigenvalue weighted by Crippen LogP contribution is -2.14. The quantitative estimate of drug-likeness (QED) is 0.756. The number of aromatic amines is 1. The van der Waals surface area contributed by atoms with Crippen molar-refractivity contribution in [3.05, 3.63) is 22.4 Å². The van der Waals surface area contributed by atoms with E-state index in [0.29, 0.717) is 18.3 Å². The fourth-order valence-electron chi connectivity index (χ4n) is 1.22. The summed E-state index contributed by atoms with van der Waals surface area (Å²) in [6, 6.07) is 0. The van der Waals surface area contributed by atoms with Crippen molar-refractivity contribution < 1.29 is 4.74 Å². The molecule has 1 saturated carbocycles. The first kappa shape index (κ1) is 8.29. The summed E-state index contributed by atoms with van der Waals surface area (Å²) in [5, 5.41) is 0. The maximum atomic E-state index is 11.3. The molecule has 1 aromatic rings. The minimum Gasteiger partial charge on any atom is -0.487 e. The molecule has 4 nitrogen and oxygen atoms in total. The lowest BCUT2D eigenvalue weighted by atomic mass is 10.4. The van der Waals surface area contributed by atoms with Gasteiger partial charge in [-0.15, -0.1) is 0 Å². The van der Waals surface area contributed by atoms with Crippen LogP contribution in [-0.4, -0.2) is 16.6 Å². The van der Waals surface area contributed by atoms with Gasteiger partial charge in [0.2, 0.25) is 5.75 Å². The topological polar surface area (TPSA) is 55.0 Å². The van der Waals surface area contributed by atoms with Gasteiger partial charge in [-0.3, -0.25) is 4.79 Å². The largest absolute Gasteiger partial charge is 0.487 e. The Kier molecular flexibility index (Phi) is 2.04. The third-order valence-corrected chi connectivity index (χ3v) is 2.05. The molecule has 0 aromatic carbocycles.